The first kappa shape index (κ1) is 14.2. The van der Waals surface area contributed by atoms with Gasteiger partial charge in [-0.1, -0.05) is 13.3 Å². The van der Waals surface area contributed by atoms with Crippen molar-refractivity contribution in [1.82, 2.24) is 4.90 Å². The van der Waals surface area contributed by atoms with E-state index in [2.05, 4.69) is 19.6 Å². The summed E-state index contributed by atoms with van der Waals surface area (Å²) in [6.07, 6.45) is -2.09. The van der Waals surface area contributed by atoms with Crippen molar-refractivity contribution in [2.75, 3.05) is 25.4 Å². The zero-order valence-electron chi connectivity index (χ0n) is 9.63. The van der Waals surface area contributed by atoms with Crippen molar-refractivity contribution in [1.29, 1.82) is 0 Å². The summed E-state index contributed by atoms with van der Waals surface area (Å²) in [5, 5.41) is 0. The van der Waals surface area contributed by atoms with Gasteiger partial charge < -0.3 is 4.90 Å². The number of likely N-dealkylation sites (tertiary alicyclic amines) is 1. The van der Waals surface area contributed by atoms with E-state index in [0.717, 1.165) is 25.3 Å². The van der Waals surface area contributed by atoms with E-state index < -0.39 is 12.1 Å². The molecule has 5 heteroatoms. The Balaban J connectivity index is 2.44. The molecule has 1 aliphatic heterocycles. The first-order valence-corrected chi connectivity index (χ1v) is 6.50. The summed E-state index contributed by atoms with van der Waals surface area (Å²) in [4.78, 5) is 1.95. The van der Waals surface area contributed by atoms with Crippen LogP contribution in [0, 0.1) is 11.8 Å². The topological polar surface area (TPSA) is 3.24 Å². The average molecular weight is 255 g/mol. The predicted molar refractivity (Wildman–Crippen MR) is 62.9 cm³/mol. The van der Waals surface area contributed by atoms with Crippen molar-refractivity contribution >= 4 is 12.6 Å². The van der Waals surface area contributed by atoms with E-state index in [1.807, 2.05) is 4.90 Å². The number of nitrogens with zero attached hydrogens (tertiary/aromatic N) is 1. The lowest BCUT2D eigenvalue weighted by molar-refractivity contribution is -0.187. The lowest BCUT2D eigenvalue weighted by Crippen LogP contribution is -2.43. The van der Waals surface area contributed by atoms with Crippen LogP contribution >= 0.6 is 12.6 Å². The van der Waals surface area contributed by atoms with E-state index in [1.165, 1.54) is 0 Å². The molecule has 16 heavy (non-hydrogen) atoms. The number of alkyl halides is 3. The van der Waals surface area contributed by atoms with Crippen molar-refractivity contribution in [2.45, 2.75) is 32.4 Å². The maximum atomic E-state index is 12.6. The molecule has 0 spiro atoms. The third-order valence-corrected chi connectivity index (χ3v) is 3.84. The molecular formula is C11H20F3NS. The lowest BCUT2D eigenvalue weighted by Gasteiger charge is -2.35. The molecule has 1 fully saturated rings. The van der Waals surface area contributed by atoms with Gasteiger partial charge in [0.15, 0.2) is 0 Å². The fourth-order valence-electron chi connectivity index (χ4n) is 2.17. The molecule has 1 saturated heterocycles. The summed E-state index contributed by atoms with van der Waals surface area (Å²) < 4.78 is 37.7. The van der Waals surface area contributed by atoms with E-state index in [4.69, 9.17) is 0 Å². The summed E-state index contributed by atoms with van der Waals surface area (Å²) >= 11 is 4.23. The Morgan fingerprint density at radius 2 is 2.12 bits per heavy atom. The lowest BCUT2D eigenvalue weighted by atomic mass is 9.96. The van der Waals surface area contributed by atoms with Crippen molar-refractivity contribution in [2.24, 2.45) is 11.8 Å². The monoisotopic (exact) mass is 255 g/mol. The smallest absolute Gasteiger partial charge is 0.302 e. The minimum Gasteiger partial charge on any atom is -0.302 e. The second kappa shape index (κ2) is 6.15. The summed E-state index contributed by atoms with van der Waals surface area (Å²) in [5.41, 5.74) is 0. The molecule has 2 unspecified atom stereocenters. The molecule has 1 nitrogen and oxygen atoms in total. The molecule has 1 rings (SSSR count). The molecule has 1 aliphatic rings. The van der Waals surface area contributed by atoms with Gasteiger partial charge in [0, 0.05) is 13.1 Å². The Morgan fingerprint density at radius 1 is 1.44 bits per heavy atom. The van der Waals surface area contributed by atoms with Crippen LogP contribution in [-0.2, 0) is 0 Å². The molecule has 0 aromatic carbocycles. The highest BCUT2D eigenvalue weighted by Crippen LogP contribution is 2.33. The first-order chi connectivity index (χ1) is 7.47. The minimum atomic E-state index is -4.03. The highest BCUT2D eigenvalue weighted by molar-refractivity contribution is 7.80. The fraction of sp³-hybridized carbons (Fsp3) is 1.00. The number of rotatable bonds is 4. The molecular weight excluding hydrogens is 235 g/mol. The average Bonchev–Trinajstić information content (AvgIpc) is 2.25. The van der Waals surface area contributed by atoms with Crippen LogP contribution in [0.2, 0.25) is 0 Å². The van der Waals surface area contributed by atoms with E-state index in [0.29, 0.717) is 12.3 Å². The zero-order chi connectivity index (χ0) is 12.2. The van der Waals surface area contributed by atoms with Gasteiger partial charge in [-0.25, -0.2) is 0 Å². The van der Waals surface area contributed by atoms with Crippen LogP contribution in [0.25, 0.3) is 0 Å². The van der Waals surface area contributed by atoms with Gasteiger partial charge in [-0.15, -0.1) is 0 Å². The van der Waals surface area contributed by atoms with Crippen molar-refractivity contribution in [3.05, 3.63) is 0 Å². The molecule has 0 bridgehead atoms. The Kier molecular flexibility index (Phi) is 5.44. The molecule has 0 N–H and O–H groups in total. The maximum absolute atomic E-state index is 12.6. The largest absolute Gasteiger partial charge is 0.393 e. The van der Waals surface area contributed by atoms with Crippen LogP contribution in [0.15, 0.2) is 0 Å². The highest BCUT2D eigenvalue weighted by Gasteiger charge is 2.41. The van der Waals surface area contributed by atoms with E-state index in [1.54, 1.807) is 0 Å². The van der Waals surface area contributed by atoms with Gasteiger partial charge in [0.05, 0.1) is 5.92 Å². The minimum absolute atomic E-state index is 0.174. The van der Waals surface area contributed by atoms with Crippen LogP contribution in [0.3, 0.4) is 0 Å². The van der Waals surface area contributed by atoms with Gasteiger partial charge in [0.25, 0.3) is 0 Å². The third-order valence-electron chi connectivity index (χ3n) is 3.32. The fourth-order valence-corrected chi connectivity index (χ4v) is 2.54. The molecule has 0 amide bonds. The predicted octanol–water partition coefficient (Wildman–Crippen LogP) is 3.22. The number of halogens is 3. The SMILES string of the molecule is CCC(CS)CN1CCCC(C(F)(F)F)C1. The first-order valence-electron chi connectivity index (χ1n) is 5.87. The Labute approximate surface area is 101 Å². The summed E-state index contributed by atoms with van der Waals surface area (Å²) in [6.45, 7) is 3.79. The molecule has 0 aromatic heterocycles. The maximum Gasteiger partial charge on any atom is 0.393 e. The van der Waals surface area contributed by atoms with Gasteiger partial charge in [-0.2, -0.15) is 25.8 Å². The summed E-state index contributed by atoms with van der Waals surface area (Å²) in [6, 6.07) is 0. The standard InChI is InChI=1S/C11H20F3NS/c1-2-9(8-16)6-15-5-3-4-10(7-15)11(12,13)14/h9-10,16H,2-8H2,1H3. The Morgan fingerprint density at radius 3 is 2.62 bits per heavy atom. The van der Waals surface area contributed by atoms with Crippen LogP contribution in [0.4, 0.5) is 13.2 Å². The number of piperidine rings is 1. The van der Waals surface area contributed by atoms with E-state index in [-0.39, 0.29) is 13.0 Å². The van der Waals surface area contributed by atoms with Crippen molar-refractivity contribution in [3.63, 3.8) is 0 Å². The van der Waals surface area contributed by atoms with Gasteiger partial charge in [0.2, 0.25) is 0 Å². The highest BCUT2D eigenvalue weighted by atomic mass is 32.1. The summed E-state index contributed by atoms with van der Waals surface area (Å²) in [7, 11) is 0. The Hall–Kier alpha value is 0.100. The van der Waals surface area contributed by atoms with Crippen molar-refractivity contribution < 1.29 is 13.2 Å². The Bertz CT molecular complexity index is 204. The van der Waals surface area contributed by atoms with Crippen LogP contribution in [0.5, 0.6) is 0 Å². The van der Waals surface area contributed by atoms with E-state index >= 15 is 0 Å². The van der Waals surface area contributed by atoms with Crippen LogP contribution in [0.1, 0.15) is 26.2 Å². The number of hydrogen-bond acceptors (Lipinski definition) is 2. The molecule has 2 atom stereocenters. The second-order valence-electron chi connectivity index (χ2n) is 4.60. The van der Waals surface area contributed by atoms with Crippen LogP contribution in [-0.4, -0.2) is 36.5 Å². The van der Waals surface area contributed by atoms with Gasteiger partial charge in [-0.3, -0.25) is 0 Å². The quantitative estimate of drug-likeness (QED) is 0.755. The van der Waals surface area contributed by atoms with Gasteiger partial charge >= 0.3 is 6.18 Å². The number of hydrogen-bond donors (Lipinski definition) is 1. The summed E-state index contributed by atoms with van der Waals surface area (Å²) in [5.74, 6) is 0.0398. The third kappa shape index (κ3) is 4.17. The number of thiol groups is 1. The normalized spacial score (nSPS) is 25.7. The molecule has 1 heterocycles. The van der Waals surface area contributed by atoms with Gasteiger partial charge in [-0.05, 0) is 31.1 Å². The second-order valence-corrected chi connectivity index (χ2v) is 4.96. The molecule has 96 valence electrons. The van der Waals surface area contributed by atoms with Gasteiger partial charge in [0.1, 0.15) is 0 Å². The molecule has 0 saturated carbocycles. The van der Waals surface area contributed by atoms with E-state index in [9.17, 15) is 13.2 Å². The molecule has 0 aromatic rings. The van der Waals surface area contributed by atoms with Crippen LogP contribution < -0.4 is 0 Å². The molecule has 0 aliphatic carbocycles. The van der Waals surface area contributed by atoms with Crippen molar-refractivity contribution in [3.8, 4) is 0 Å². The zero-order valence-corrected chi connectivity index (χ0v) is 10.5. The molecule has 0 radical (unpaired) electrons.